The third-order valence-corrected chi connectivity index (χ3v) is 7.17. The van der Waals surface area contributed by atoms with Crippen molar-refractivity contribution in [3.63, 3.8) is 0 Å². The van der Waals surface area contributed by atoms with Gasteiger partial charge in [-0.1, -0.05) is 20.8 Å². The van der Waals surface area contributed by atoms with E-state index in [-0.39, 0.29) is 11.3 Å². The summed E-state index contributed by atoms with van der Waals surface area (Å²) in [5.41, 5.74) is 6.04. The van der Waals surface area contributed by atoms with Gasteiger partial charge in [0.05, 0.1) is 11.5 Å². The van der Waals surface area contributed by atoms with E-state index in [9.17, 15) is 8.42 Å². The Morgan fingerprint density at radius 1 is 1.25 bits per heavy atom. The van der Waals surface area contributed by atoms with Gasteiger partial charge in [0.1, 0.15) is 0 Å². The van der Waals surface area contributed by atoms with Crippen molar-refractivity contribution in [2.75, 3.05) is 31.1 Å². The molecule has 0 saturated carbocycles. The van der Waals surface area contributed by atoms with Crippen molar-refractivity contribution in [1.29, 1.82) is 0 Å². The van der Waals surface area contributed by atoms with Gasteiger partial charge in [-0.3, -0.25) is 4.90 Å². The molecule has 0 spiro atoms. The van der Waals surface area contributed by atoms with Gasteiger partial charge in [0, 0.05) is 12.1 Å². The van der Waals surface area contributed by atoms with Crippen LogP contribution in [0.3, 0.4) is 0 Å². The first-order chi connectivity index (χ1) is 9.19. The first-order valence-corrected chi connectivity index (χ1v) is 9.66. The molecule has 4 nitrogen and oxygen atoms in total. The second-order valence-electron chi connectivity index (χ2n) is 7.75. The molecule has 2 unspecified atom stereocenters. The van der Waals surface area contributed by atoms with Crippen LogP contribution in [0.1, 0.15) is 46.5 Å². The fraction of sp³-hybridized carbons (Fsp3) is 1.00. The molecule has 0 aromatic carbocycles. The van der Waals surface area contributed by atoms with Crippen LogP contribution in [0.25, 0.3) is 0 Å². The van der Waals surface area contributed by atoms with Gasteiger partial charge in [0.25, 0.3) is 0 Å². The molecule has 0 radical (unpaired) electrons. The van der Waals surface area contributed by atoms with Crippen molar-refractivity contribution >= 4 is 9.84 Å². The topological polar surface area (TPSA) is 63.4 Å². The SMILES string of the molecule is CC(C)(C)C1CCCN(C2(CN)CCS(=O)(=O)C2)CC1. The highest BCUT2D eigenvalue weighted by atomic mass is 32.2. The Hall–Kier alpha value is -0.130. The quantitative estimate of drug-likeness (QED) is 0.842. The zero-order chi connectivity index (χ0) is 15.0. The van der Waals surface area contributed by atoms with E-state index in [0.29, 0.717) is 24.1 Å². The van der Waals surface area contributed by atoms with E-state index in [0.717, 1.165) is 31.8 Å². The van der Waals surface area contributed by atoms with E-state index in [2.05, 4.69) is 25.7 Å². The molecule has 2 N–H and O–H groups in total. The van der Waals surface area contributed by atoms with Gasteiger partial charge in [-0.05, 0) is 50.1 Å². The molecular formula is C15H30N2O2S. The largest absolute Gasteiger partial charge is 0.329 e. The lowest BCUT2D eigenvalue weighted by atomic mass is 9.76. The van der Waals surface area contributed by atoms with Gasteiger partial charge in [-0.25, -0.2) is 8.42 Å². The Labute approximate surface area is 124 Å². The molecule has 0 aromatic rings. The van der Waals surface area contributed by atoms with E-state index in [1.807, 2.05) is 0 Å². The second-order valence-corrected chi connectivity index (χ2v) is 9.94. The summed E-state index contributed by atoms with van der Waals surface area (Å²) in [4.78, 5) is 2.39. The highest BCUT2D eigenvalue weighted by Gasteiger charge is 2.46. The Morgan fingerprint density at radius 3 is 2.45 bits per heavy atom. The molecule has 2 fully saturated rings. The van der Waals surface area contributed by atoms with Crippen LogP contribution in [0.15, 0.2) is 0 Å². The molecule has 2 saturated heterocycles. The van der Waals surface area contributed by atoms with Crippen molar-refractivity contribution in [2.24, 2.45) is 17.1 Å². The number of likely N-dealkylation sites (tertiary alicyclic amines) is 1. The Morgan fingerprint density at radius 2 is 1.95 bits per heavy atom. The van der Waals surface area contributed by atoms with E-state index < -0.39 is 9.84 Å². The number of nitrogens with two attached hydrogens (primary N) is 1. The summed E-state index contributed by atoms with van der Waals surface area (Å²) in [6.45, 7) is 9.39. The summed E-state index contributed by atoms with van der Waals surface area (Å²) < 4.78 is 23.8. The standard InChI is InChI=1S/C15H30N2O2S/c1-14(2,3)13-5-4-8-17(9-6-13)15(11-16)7-10-20(18,19)12-15/h13H,4-12,16H2,1-3H3. The van der Waals surface area contributed by atoms with Gasteiger partial charge >= 0.3 is 0 Å². The number of sulfone groups is 1. The van der Waals surface area contributed by atoms with Crippen LogP contribution >= 0.6 is 0 Å². The van der Waals surface area contributed by atoms with Crippen molar-refractivity contribution < 1.29 is 8.42 Å². The summed E-state index contributed by atoms with van der Waals surface area (Å²) in [6, 6.07) is 0. The molecule has 2 rings (SSSR count). The van der Waals surface area contributed by atoms with Gasteiger partial charge in [-0.2, -0.15) is 0 Å². The molecule has 2 atom stereocenters. The van der Waals surface area contributed by atoms with E-state index in [4.69, 9.17) is 5.73 Å². The molecule has 2 aliphatic rings. The van der Waals surface area contributed by atoms with Crippen LogP contribution in [0, 0.1) is 11.3 Å². The molecule has 20 heavy (non-hydrogen) atoms. The average Bonchev–Trinajstić information content (AvgIpc) is 2.54. The van der Waals surface area contributed by atoms with Crippen molar-refractivity contribution in [3.05, 3.63) is 0 Å². The van der Waals surface area contributed by atoms with Crippen LogP contribution < -0.4 is 5.73 Å². The molecular weight excluding hydrogens is 272 g/mol. The highest BCUT2D eigenvalue weighted by Crippen LogP contribution is 2.37. The second kappa shape index (κ2) is 5.58. The molecule has 0 aliphatic carbocycles. The number of hydrogen-bond acceptors (Lipinski definition) is 4. The first-order valence-electron chi connectivity index (χ1n) is 7.84. The van der Waals surface area contributed by atoms with Crippen molar-refractivity contribution in [1.82, 2.24) is 4.90 Å². The zero-order valence-electron chi connectivity index (χ0n) is 13.2. The maximum Gasteiger partial charge on any atom is 0.152 e. The third kappa shape index (κ3) is 3.37. The predicted molar refractivity (Wildman–Crippen MR) is 83.4 cm³/mol. The predicted octanol–water partition coefficient (Wildman–Crippen LogP) is 1.65. The lowest BCUT2D eigenvalue weighted by Gasteiger charge is -2.39. The Balaban J connectivity index is 2.10. The maximum absolute atomic E-state index is 11.9. The van der Waals surface area contributed by atoms with Crippen molar-refractivity contribution in [3.8, 4) is 0 Å². The molecule has 0 amide bonds. The minimum atomic E-state index is -2.89. The summed E-state index contributed by atoms with van der Waals surface area (Å²) >= 11 is 0. The molecule has 5 heteroatoms. The maximum atomic E-state index is 11.9. The monoisotopic (exact) mass is 302 g/mol. The average molecular weight is 302 g/mol. The van der Waals surface area contributed by atoms with Gasteiger partial charge < -0.3 is 5.73 Å². The van der Waals surface area contributed by atoms with Crippen LogP contribution in [0.2, 0.25) is 0 Å². The third-order valence-electron chi connectivity index (χ3n) is 5.37. The highest BCUT2D eigenvalue weighted by molar-refractivity contribution is 7.91. The normalized spacial score (nSPS) is 35.9. The molecule has 0 aromatic heterocycles. The van der Waals surface area contributed by atoms with Crippen LogP contribution in [0.4, 0.5) is 0 Å². The summed E-state index contributed by atoms with van der Waals surface area (Å²) in [5.74, 6) is 1.29. The van der Waals surface area contributed by atoms with Crippen LogP contribution in [-0.4, -0.2) is 50.0 Å². The van der Waals surface area contributed by atoms with Gasteiger partial charge in [0.15, 0.2) is 9.84 Å². The lowest BCUT2D eigenvalue weighted by Crippen LogP contribution is -2.55. The van der Waals surface area contributed by atoms with Gasteiger partial charge in [-0.15, -0.1) is 0 Å². The minimum Gasteiger partial charge on any atom is -0.329 e. The summed E-state index contributed by atoms with van der Waals surface area (Å²) in [5, 5.41) is 0. The Kier molecular flexibility index (Phi) is 4.53. The van der Waals surface area contributed by atoms with Crippen molar-refractivity contribution in [2.45, 2.75) is 52.0 Å². The zero-order valence-corrected chi connectivity index (χ0v) is 14.0. The molecule has 2 heterocycles. The molecule has 2 aliphatic heterocycles. The Bertz CT molecular complexity index is 441. The number of nitrogens with zero attached hydrogens (tertiary/aromatic N) is 1. The fourth-order valence-electron chi connectivity index (χ4n) is 3.88. The van der Waals surface area contributed by atoms with E-state index >= 15 is 0 Å². The fourth-order valence-corrected chi connectivity index (χ4v) is 5.97. The lowest BCUT2D eigenvalue weighted by molar-refractivity contribution is 0.114. The smallest absolute Gasteiger partial charge is 0.152 e. The minimum absolute atomic E-state index is 0.261. The van der Waals surface area contributed by atoms with E-state index in [1.165, 1.54) is 6.42 Å². The van der Waals surface area contributed by atoms with E-state index in [1.54, 1.807) is 0 Å². The first kappa shape index (κ1) is 16.2. The molecule has 0 bridgehead atoms. The summed E-state index contributed by atoms with van der Waals surface area (Å²) in [6.07, 6.45) is 4.27. The number of rotatable bonds is 2. The summed E-state index contributed by atoms with van der Waals surface area (Å²) in [7, 11) is -2.89. The molecule has 118 valence electrons. The number of hydrogen-bond donors (Lipinski definition) is 1. The van der Waals surface area contributed by atoms with Gasteiger partial charge in [0.2, 0.25) is 0 Å². The van der Waals surface area contributed by atoms with Crippen LogP contribution in [0.5, 0.6) is 0 Å². The van der Waals surface area contributed by atoms with Crippen LogP contribution in [-0.2, 0) is 9.84 Å².